The van der Waals surface area contributed by atoms with Gasteiger partial charge in [0.15, 0.2) is 11.7 Å². The molecule has 1 N–H and O–H groups in total. The molecule has 2 aliphatic rings. The Morgan fingerprint density at radius 1 is 1.47 bits per heavy atom. The third-order valence-corrected chi connectivity index (χ3v) is 3.48. The molecule has 0 bridgehead atoms. The Morgan fingerprint density at radius 3 is 2.89 bits per heavy atom. The molecular formula is C12H12N2O5. The van der Waals surface area contributed by atoms with Crippen molar-refractivity contribution in [3.63, 3.8) is 0 Å². The van der Waals surface area contributed by atoms with Crippen LogP contribution in [0.4, 0.5) is 0 Å². The van der Waals surface area contributed by atoms with Crippen LogP contribution in [0.1, 0.15) is 27.8 Å². The number of rotatable bonds is 1. The number of carboxylic acids is 1. The zero-order chi connectivity index (χ0) is 13.7. The van der Waals surface area contributed by atoms with Crippen molar-refractivity contribution in [2.45, 2.75) is 25.7 Å². The van der Waals surface area contributed by atoms with Gasteiger partial charge in [0.05, 0.1) is 19.2 Å². The van der Waals surface area contributed by atoms with Crippen LogP contribution in [0.2, 0.25) is 0 Å². The molecule has 0 spiro atoms. The van der Waals surface area contributed by atoms with Crippen LogP contribution in [0.5, 0.6) is 0 Å². The molecule has 3 rings (SSSR count). The molecule has 1 amide bonds. The lowest BCUT2D eigenvalue weighted by molar-refractivity contribution is 0.00666. The maximum atomic E-state index is 12.3. The first-order valence-corrected chi connectivity index (χ1v) is 5.91. The number of ether oxygens (including phenoxy) is 1. The van der Waals surface area contributed by atoms with Gasteiger partial charge in [0.2, 0.25) is 0 Å². The van der Waals surface area contributed by atoms with E-state index < -0.39 is 11.4 Å². The van der Waals surface area contributed by atoms with Crippen LogP contribution in [0, 0.1) is 0 Å². The Morgan fingerprint density at radius 2 is 2.21 bits per heavy atom. The lowest BCUT2D eigenvalue weighted by atomic mass is 10.1. The van der Waals surface area contributed by atoms with Crippen molar-refractivity contribution >= 4 is 11.9 Å². The summed E-state index contributed by atoms with van der Waals surface area (Å²) in [5, 5.41) is 8.92. The molecule has 1 aromatic rings. The number of aromatic nitrogens is 1. The number of pyridine rings is 1. The van der Waals surface area contributed by atoms with Gasteiger partial charge in [0.1, 0.15) is 11.3 Å². The van der Waals surface area contributed by atoms with Gasteiger partial charge in [-0.3, -0.25) is 9.59 Å². The Labute approximate surface area is 108 Å². The number of amides is 1. The number of hydrogen-bond donors (Lipinski definition) is 1. The summed E-state index contributed by atoms with van der Waals surface area (Å²) in [6, 6.07) is 1.05. The zero-order valence-corrected chi connectivity index (χ0v) is 10.2. The summed E-state index contributed by atoms with van der Waals surface area (Å²) < 4.78 is 6.96. The average molecular weight is 264 g/mol. The van der Waals surface area contributed by atoms with Crippen molar-refractivity contribution in [2.24, 2.45) is 0 Å². The largest absolute Gasteiger partial charge is 0.477 e. The Bertz CT molecular complexity index is 635. The fourth-order valence-corrected chi connectivity index (χ4v) is 2.54. The predicted molar refractivity (Wildman–Crippen MR) is 63.0 cm³/mol. The minimum absolute atomic E-state index is 0.0412. The number of nitrogens with zero attached hydrogens (tertiary/aromatic N) is 2. The lowest BCUT2D eigenvalue weighted by Gasteiger charge is -2.33. The molecule has 7 heteroatoms. The zero-order valence-electron chi connectivity index (χ0n) is 10.2. The number of carbonyl (C=O) groups is 2. The molecule has 0 unspecified atom stereocenters. The van der Waals surface area contributed by atoms with Crippen LogP contribution in [-0.4, -0.2) is 45.3 Å². The van der Waals surface area contributed by atoms with Crippen LogP contribution >= 0.6 is 0 Å². The molecule has 1 aromatic heterocycles. The molecule has 0 aliphatic carbocycles. The van der Waals surface area contributed by atoms with Gasteiger partial charge in [-0.05, 0) is 6.92 Å². The quantitative estimate of drug-likeness (QED) is 0.755. The maximum Gasteiger partial charge on any atom is 0.341 e. The smallest absolute Gasteiger partial charge is 0.341 e. The summed E-state index contributed by atoms with van der Waals surface area (Å²) in [6.07, 6.45) is 0.820. The molecular weight excluding hydrogens is 252 g/mol. The monoisotopic (exact) mass is 264 g/mol. The molecule has 2 atom stereocenters. The number of aromatic carboxylic acids is 1. The highest BCUT2D eigenvalue weighted by Gasteiger charge is 2.40. The second kappa shape index (κ2) is 3.92. The van der Waals surface area contributed by atoms with Crippen molar-refractivity contribution in [2.75, 3.05) is 6.61 Å². The van der Waals surface area contributed by atoms with Crippen molar-refractivity contribution < 1.29 is 19.4 Å². The van der Waals surface area contributed by atoms with Crippen LogP contribution in [-0.2, 0) is 11.3 Å². The standard InChI is InChI=1S/C12H12N2O5/c1-6-5-19-10-4-13-3-7(12(17)18)9(15)2-8(13)11(16)14(6)10/h2-3,6,10H,4-5H2,1H3,(H,17,18)/t6-,10+/m0/s1. The lowest BCUT2D eigenvalue weighted by Crippen LogP contribution is -2.48. The number of carbonyl (C=O) groups excluding carboxylic acids is 1. The van der Waals surface area contributed by atoms with E-state index in [1.807, 2.05) is 6.92 Å². The average Bonchev–Trinajstić information content (AvgIpc) is 2.71. The fourth-order valence-electron chi connectivity index (χ4n) is 2.54. The van der Waals surface area contributed by atoms with Crippen LogP contribution in [0.15, 0.2) is 17.1 Å². The van der Waals surface area contributed by atoms with E-state index in [0.717, 1.165) is 6.07 Å². The predicted octanol–water partition coefficient (Wildman–Crippen LogP) is -0.253. The van der Waals surface area contributed by atoms with Gasteiger partial charge in [-0.25, -0.2) is 4.79 Å². The molecule has 1 saturated heterocycles. The maximum absolute atomic E-state index is 12.3. The summed E-state index contributed by atoms with van der Waals surface area (Å²) in [5.74, 6) is -1.59. The number of hydrogen-bond acceptors (Lipinski definition) is 4. The minimum atomic E-state index is -1.30. The van der Waals surface area contributed by atoms with Gasteiger partial charge >= 0.3 is 5.97 Å². The SMILES string of the molecule is C[C@H]1CO[C@@H]2Cn3cc(C(=O)O)c(=O)cc3C(=O)N12. The highest BCUT2D eigenvalue weighted by Crippen LogP contribution is 2.25. The highest BCUT2D eigenvalue weighted by molar-refractivity contribution is 5.95. The molecule has 3 heterocycles. The van der Waals surface area contributed by atoms with Crippen molar-refractivity contribution in [3.05, 3.63) is 33.7 Å². The normalized spacial score (nSPS) is 25.1. The summed E-state index contributed by atoms with van der Waals surface area (Å²) in [7, 11) is 0. The minimum Gasteiger partial charge on any atom is -0.477 e. The fraction of sp³-hybridized carbons (Fsp3) is 0.417. The molecule has 0 radical (unpaired) electrons. The number of carboxylic acid groups (broad SMARTS) is 1. The van der Waals surface area contributed by atoms with Crippen LogP contribution in [0.3, 0.4) is 0 Å². The van der Waals surface area contributed by atoms with Crippen molar-refractivity contribution in [1.82, 2.24) is 9.47 Å². The van der Waals surface area contributed by atoms with Gasteiger partial charge in [-0.2, -0.15) is 0 Å². The third-order valence-electron chi connectivity index (χ3n) is 3.48. The van der Waals surface area contributed by atoms with Gasteiger partial charge < -0.3 is 19.3 Å². The Balaban J connectivity index is 2.13. The van der Waals surface area contributed by atoms with E-state index >= 15 is 0 Å². The van der Waals surface area contributed by atoms with E-state index in [4.69, 9.17) is 9.84 Å². The van der Waals surface area contributed by atoms with Gasteiger partial charge in [-0.15, -0.1) is 0 Å². The Kier molecular flexibility index (Phi) is 2.46. The van der Waals surface area contributed by atoms with Crippen molar-refractivity contribution in [1.29, 1.82) is 0 Å². The van der Waals surface area contributed by atoms with E-state index in [-0.39, 0.29) is 29.4 Å². The first-order valence-electron chi connectivity index (χ1n) is 5.91. The van der Waals surface area contributed by atoms with Crippen LogP contribution in [0.25, 0.3) is 0 Å². The van der Waals surface area contributed by atoms with Gasteiger partial charge in [0, 0.05) is 12.3 Å². The molecule has 1 fully saturated rings. The molecule has 2 aliphatic heterocycles. The summed E-state index contributed by atoms with van der Waals surface area (Å²) in [4.78, 5) is 36.5. The molecule has 100 valence electrons. The number of fused-ring (bicyclic) bond motifs is 2. The Hall–Kier alpha value is -2.15. The summed E-state index contributed by atoms with van der Waals surface area (Å²) in [5.41, 5.74) is -0.780. The van der Waals surface area contributed by atoms with Crippen LogP contribution < -0.4 is 5.43 Å². The summed E-state index contributed by atoms with van der Waals surface area (Å²) in [6.45, 7) is 2.66. The van der Waals surface area contributed by atoms with E-state index in [9.17, 15) is 14.4 Å². The van der Waals surface area contributed by atoms with E-state index in [2.05, 4.69) is 0 Å². The third kappa shape index (κ3) is 1.66. The molecule has 7 nitrogen and oxygen atoms in total. The second-order valence-electron chi connectivity index (χ2n) is 4.74. The first kappa shape index (κ1) is 11.9. The van der Waals surface area contributed by atoms with Gasteiger partial charge in [-0.1, -0.05) is 0 Å². The van der Waals surface area contributed by atoms with Crippen molar-refractivity contribution in [3.8, 4) is 0 Å². The highest BCUT2D eigenvalue weighted by atomic mass is 16.5. The van der Waals surface area contributed by atoms with E-state index in [1.165, 1.54) is 10.8 Å². The van der Waals surface area contributed by atoms with E-state index in [0.29, 0.717) is 13.2 Å². The molecule has 19 heavy (non-hydrogen) atoms. The molecule has 0 aromatic carbocycles. The topological polar surface area (TPSA) is 88.8 Å². The summed E-state index contributed by atoms with van der Waals surface area (Å²) >= 11 is 0. The second-order valence-corrected chi connectivity index (χ2v) is 4.74. The first-order chi connectivity index (χ1) is 8.99. The molecule has 0 saturated carbocycles. The van der Waals surface area contributed by atoms with E-state index in [1.54, 1.807) is 4.90 Å². The van der Waals surface area contributed by atoms with Gasteiger partial charge in [0.25, 0.3) is 5.91 Å².